The van der Waals surface area contributed by atoms with Crippen molar-refractivity contribution < 1.29 is 0 Å². The molecule has 2 aromatic heterocycles. The van der Waals surface area contributed by atoms with Crippen molar-refractivity contribution in [2.24, 2.45) is 0 Å². The zero-order valence-electron chi connectivity index (χ0n) is 30.4. The lowest BCUT2D eigenvalue weighted by molar-refractivity contribution is 0.769. The van der Waals surface area contributed by atoms with Crippen molar-refractivity contribution in [2.75, 3.05) is 0 Å². The van der Waals surface area contributed by atoms with Gasteiger partial charge in [0.05, 0.1) is 21.3 Å². The number of thiophene rings is 1. The Morgan fingerprint density at radius 2 is 0.964 bits per heavy atom. The van der Waals surface area contributed by atoms with E-state index < -0.39 is 5.41 Å². The van der Waals surface area contributed by atoms with Gasteiger partial charge in [-0.1, -0.05) is 182 Å². The Morgan fingerprint density at radius 3 is 1.70 bits per heavy atom. The Balaban J connectivity index is 1.24. The molecule has 0 radical (unpaired) electrons. The molecule has 11 rings (SSSR count). The van der Waals surface area contributed by atoms with Crippen LogP contribution in [-0.4, -0.2) is 9.97 Å². The molecule has 2 heterocycles. The zero-order valence-corrected chi connectivity index (χ0v) is 31.2. The van der Waals surface area contributed by atoms with E-state index in [1.807, 2.05) is 0 Å². The molecule has 3 heteroatoms. The first-order valence-corrected chi connectivity index (χ1v) is 19.9. The predicted molar refractivity (Wildman–Crippen MR) is 234 cm³/mol. The monoisotopic (exact) mass is 730 g/mol. The van der Waals surface area contributed by atoms with Gasteiger partial charge in [0.1, 0.15) is 0 Å². The summed E-state index contributed by atoms with van der Waals surface area (Å²) < 4.78 is 2.30. The Kier molecular flexibility index (Phi) is 7.61. The maximum absolute atomic E-state index is 5.59. The number of fused-ring (bicyclic) bond motifs is 6. The van der Waals surface area contributed by atoms with Gasteiger partial charge in [0.15, 0.2) is 5.82 Å². The van der Waals surface area contributed by atoms with Crippen LogP contribution in [0.15, 0.2) is 206 Å². The van der Waals surface area contributed by atoms with Crippen LogP contribution in [0.5, 0.6) is 0 Å². The Morgan fingerprint density at radius 1 is 0.375 bits per heavy atom. The van der Waals surface area contributed by atoms with E-state index in [2.05, 4.69) is 206 Å². The minimum Gasteiger partial charge on any atom is -0.226 e. The van der Waals surface area contributed by atoms with Gasteiger partial charge in [-0.2, -0.15) is 0 Å². The van der Waals surface area contributed by atoms with Gasteiger partial charge in [-0.25, -0.2) is 9.97 Å². The standard InChI is InChI=1S/C53H34N2S/c1-5-18-35(19-6-1)37-22-17-23-38(32-37)49-51-50(42-29-14-16-31-48(42)56-51)55-52(54-49)45-33-44-41-28-13-15-30-46(41)53(39-24-9-3-10-25-39,40-26-11-4-12-27-40)47(44)34-43(45)36-20-7-2-8-21-36/h1-34H. The Bertz CT molecular complexity index is 3020. The van der Waals surface area contributed by atoms with Crippen LogP contribution in [0.4, 0.5) is 0 Å². The highest BCUT2D eigenvalue weighted by Crippen LogP contribution is 2.58. The van der Waals surface area contributed by atoms with Crippen molar-refractivity contribution in [2.45, 2.75) is 5.41 Å². The van der Waals surface area contributed by atoms with Gasteiger partial charge in [0.2, 0.25) is 0 Å². The summed E-state index contributed by atoms with van der Waals surface area (Å²) in [5.41, 5.74) is 15.5. The molecule has 10 aromatic rings. The highest BCUT2D eigenvalue weighted by Gasteiger charge is 2.46. The van der Waals surface area contributed by atoms with E-state index in [0.29, 0.717) is 0 Å². The average molecular weight is 731 g/mol. The molecular formula is C53H34N2S. The number of nitrogens with zero attached hydrogens (tertiary/aromatic N) is 2. The second-order valence-corrected chi connectivity index (χ2v) is 15.5. The summed E-state index contributed by atoms with van der Waals surface area (Å²) >= 11 is 1.77. The number of hydrogen-bond donors (Lipinski definition) is 0. The predicted octanol–water partition coefficient (Wildman–Crippen LogP) is 13.9. The summed E-state index contributed by atoms with van der Waals surface area (Å²) in [6, 6.07) is 74.5. The first-order valence-electron chi connectivity index (χ1n) is 19.1. The largest absolute Gasteiger partial charge is 0.226 e. The van der Waals surface area contributed by atoms with Crippen LogP contribution < -0.4 is 0 Å². The van der Waals surface area contributed by atoms with Gasteiger partial charge in [-0.15, -0.1) is 11.3 Å². The van der Waals surface area contributed by atoms with Crippen LogP contribution in [-0.2, 0) is 5.41 Å². The van der Waals surface area contributed by atoms with Gasteiger partial charge >= 0.3 is 0 Å². The number of hydrogen-bond acceptors (Lipinski definition) is 3. The van der Waals surface area contributed by atoms with Crippen LogP contribution in [0.2, 0.25) is 0 Å². The molecule has 0 N–H and O–H groups in total. The van der Waals surface area contributed by atoms with E-state index in [1.54, 1.807) is 11.3 Å². The Labute approximate surface area is 330 Å². The molecule has 0 unspecified atom stereocenters. The average Bonchev–Trinajstić information content (AvgIpc) is 3.80. The Hall–Kier alpha value is -6.94. The van der Waals surface area contributed by atoms with Gasteiger partial charge in [0, 0.05) is 21.2 Å². The molecule has 0 bridgehead atoms. The van der Waals surface area contributed by atoms with Gasteiger partial charge in [0.25, 0.3) is 0 Å². The molecule has 8 aromatic carbocycles. The van der Waals surface area contributed by atoms with Crippen molar-refractivity contribution >= 4 is 31.6 Å². The second-order valence-electron chi connectivity index (χ2n) is 14.5. The molecule has 56 heavy (non-hydrogen) atoms. The molecule has 0 saturated heterocycles. The smallest absolute Gasteiger partial charge is 0.161 e. The minimum atomic E-state index is -0.520. The van der Waals surface area contributed by atoms with Crippen LogP contribution in [0.3, 0.4) is 0 Å². The topological polar surface area (TPSA) is 25.8 Å². The lowest BCUT2D eigenvalue weighted by Crippen LogP contribution is -2.28. The summed E-state index contributed by atoms with van der Waals surface area (Å²) in [6.07, 6.45) is 0. The van der Waals surface area contributed by atoms with E-state index in [4.69, 9.17) is 9.97 Å². The molecule has 1 aliphatic carbocycles. The van der Waals surface area contributed by atoms with Crippen molar-refractivity contribution in [3.63, 3.8) is 0 Å². The van der Waals surface area contributed by atoms with Crippen LogP contribution in [0.25, 0.3) is 76.3 Å². The van der Waals surface area contributed by atoms with Gasteiger partial charge in [-0.3, -0.25) is 0 Å². The van der Waals surface area contributed by atoms with E-state index in [0.717, 1.165) is 54.9 Å². The molecule has 0 atom stereocenters. The quantitative estimate of drug-likeness (QED) is 0.170. The maximum Gasteiger partial charge on any atom is 0.161 e. The van der Waals surface area contributed by atoms with E-state index in [1.165, 1.54) is 43.6 Å². The maximum atomic E-state index is 5.59. The highest BCUT2D eigenvalue weighted by atomic mass is 32.1. The third kappa shape index (κ3) is 5.02. The fourth-order valence-corrected chi connectivity index (χ4v) is 10.1. The summed E-state index contributed by atoms with van der Waals surface area (Å²) in [7, 11) is 0. The molecule has 2 nitrogen and oxygen atoms in total. The van der Waals surface area contributed by atoms with E-state index in [-0.39, 0.29) is 0 Å². The SMILES string of the molecule is c1ccc(-c2cccc(-c3nc(-c4cc5c(cc4-c4ccccc4)C(c4ccccc4)(c4ccccc4)c4ccccc4-5)nc4c3sc3ccccc34)c2)cc1. The van der Waals surface area contributed by atoms with Crippen molar-refractivity contribution in [1.82, 2.24) is 9.97 Å². The van der Waals surface area contributed by atoms with Crippen LogP contribution >= 0.6 is 11.3 Å². The lowest BCUT2D eigenvalue weighted by atomic mass is 9.67. The summed E-state index contributed by atoms with van der Waals surface area (Å²) in [5.74, 6) is 0.720. The van der Waals surface area contributed by atoms with Crippen LogP contribution in [0, 0.1) is 0 Å². The zero-order chi connectivity index (χ0) is 37.1. The van der Waals surface area contributed by atoms with Crippen molar-refractivity contribution in [3.05, 3.63) is 229 Å². The number of rotatable bonds is 6. The number of aromatic nitrogens is 2. The van der Waals surface area contributed by atoms with E-state index in [9.17, 15) is 0 Å². The van der Waals surface area contributed by atoms with Crippen molar-refractivity contribution in [1.29, 1.82) is 0 Å². The van der Waals surface area contributed by atoms with Crippen LogP contribution in [0.1, 0.15) is 22.3 Å². The molecule has 0 amide bonds. The molecule has 262 valence electrons. The molecule has 0 saturated carbocycles. The second kappa shape index (κ2) is 13.1. The summed E-state index contributed by atoms with van der Waals surface area (Å²) in [6.45, 7) is 0. The first-order chi connectivity index (χ1) is 27.8. The summed E-state index contributed by atoms with van der Waals surface area (Å²) in [5, 5.41) is 1.15. The number of benzene rings is 8. The summed E-state index contributed by atoms with van der Waals surface area (Å²) in [4.78, 5) is 11.1. The normalized spacial score (nSPS) is 12.8. The fourth-order valence-electron chi connectivity index (χ4n) is 8.91. The molecule has 1 aliphatic rings. The van der Waals surface area contributed by atoms with E-state index >= 15 is 0 Å². The molecule has 0 aliphatic heterocycles. The third-order valence-electron chi connectivity index (χ3n) is 11.4. The van der Waals surface area contributed by atoms with Gasteiger partial charge < -0.3 is 0 Å². The fraction of sp³-hybridized carbons (Fsp3) is 0.0189. The first kappa shape index (κ1) is 32.5. The lowest BCUT2D eigenvalue weighted by Gasteiger charge is -2.34. The van der Waals surface area contributed by atoms with Gasteiger partial charge in [-0.05, 0) is 79.9 Å². The molecule has 0 spiro atoms. The third-order valence-corrected chi connectivity index (χ3v) is 12.6. The molecular weight excluding hydrogens is 697 g/mol. The van der Waals surface area contributed by atoms with Crippen molar-refractivity contribution in [3.8, 4) is 56.0 Å². The highest BCUT2D eigenvalue weighted by molar-refractivity contribution is 7.26. The molecule has 0 fully saturated rings. The minimum absolute atomic E-state index is 0.520.